The lowest BCUT2D eigenvalue weighted by Gasteiger charge is -1.99. The molecule has 5 heteroatoms. The second-order valence-corrected chi connectivity index (χ2v) is 4.16. The largest absolute Gasteiger partial charge is 0.507 e. The van der Waals surface area contributed by atoms with Crippen molar-refractivity contribution >= 4 is 0 Å². The first kappa shape index (κ1) is 11.4. The summed E-state index contributed by atoms with van der Waals surface area (Å²) in [5, 5.41) is 13.7. The smallest absolute Gasteiger partial charge is 0.262 e. The highest BCUT2D eigenvalue weighted by Gasteiger charge is 2.14. The van der Waals surface area contributed by atoms with E-state index in [4.69, 9.17) is 4.52 Å². The van der Waals surface area contributed by atoms with Gasteiger partial charge in [-0.25, -0.2) is 0 Å². The number of rotatable bonds is 2. The Bertz CT molecular complexity index is 708. The molecule has 0 saturated carbocycles. The molecule has 0 saturated heterocycles. The lowest BCUT2D eigenvalue weighted by molar-refractivity contribution is 0.425. The van der Waals surface area contributed by atoms with Gasteiger partial charge in [0.2, 0.25) is 5.82 Å². The van der Waals surface area contributed by atoms with Gasteiger partial charge in [0.25, 0.3) is 5.89 Å². The molecule has 0 amide bonds. The number of hydrogen-bond acceptors (Lipinski definition) is 5. The first-order valence-electron chi connectivity index (χ1n) is 5.79. The Hall–Kier alpha value is -2.69. The number of hydrogen-bond donors (Lipinski definition) is 1. The van der Waals surface area contributed by atoms with Gasteiger partial charge in [-0.2, -0.15) is 4.98 Å². The summed E-state index contributed by atoms with van der Waals surface area (Å²) in [6, 6.07) is 10.7. The standard InChI is InChI=1S/C14H11N3O2/c1-9-5-6-10(12(18)8-9)14-16-13(17-19-14)11-4-2-3-7-15-11/h2-8,18H,1H3. The summed E-state index contributed by atoms with van der Waals surface area (Å²) in [5.74, 6) is 0.796. The predicted molar refractivity (Wildman–Crippen MR) is 69.4 cm³/mol. The molecule has 0 aliphatic carbocycles. The zero-order chi connectivity index (χ0) is 13.2. The lowest BCUT2D eigenvalue weighted by Crippen LogP contribution is -1.84. The van der Waals surface area contributed by atoms with Gasteiger partial charge in [0.15, 0.2) is 0 Å². The van der Waals surface area contributed by atoms with Gasteiger partial charge < -0.3 is 9.63 Å². The van der Waals surface area contributed by atoms with Crippen LogP contribution in [0.2, 0.25) is 0 Å². The molecule has 0 spiro atoms. The van der Waals surface area contributed by atoms with Crippen LogP contribution in [0.4, 0.5) is 0 Å². The van der Waals surface area contributed by atoms with Crippen molar-refractivity contribution < 1.29 is 9.63 Å². The normalized spacial score (nSPS) is 10.6. The Kier molecular flexibility index (Phi) is 2.72. The van der Waals surface area contributed by atoms with Crippen LogP contribution in [0.3, 0.4) is 0 Å². The predicted octanol–water partition coefficient (Wildman–Crippen LogP) is 2.81. The Labute approximate surface area is 109 Å². The van der Waals surface area contributed by atoms with E-state index in [0.717, 1.165) is 5.56 Å². The van der Waals surface area contributed by atoms with E-state index in [-0.39, 0.29) is 11.6 Å². The maximum Gasteiger partial charge on any atom is 0.262 e. The summed E-state index contributed by atoms with van der Waals surface area (Å²) in [5.41, 5.74) is 2.11. The summed E-state index contributed by atoms with van der Waals surface area (Å²) >= 11 is 0. The Morgan fingerprint density at radius 1 is 1.16 bits per heavy atom. The molecule has 0 radical (unpaired) electrons. The molecule has 2 heterocycles. The quantitative estimate of drug-likeness (QED) is 0.760. The minimum Gasteiger partial charge on any atom is -0.507 e. The summed E-state index contributed by atoms with van der Waals surface area (Å²) in [4.78, 5) is 8.39. The second-order valence-electron chi connectivity index (χ2n) is 4.16. The maximum atomic E-state index is 9.88. The number of pyridine rings is 1. The molecule has 1 N–H and O–H groups in total. The third-order valence-corrected chi connectivity index (χ3v) is 2.70. The van der Waals surface area contributed by atoms with Gasteiger partial charge in [-0.05, 0) is 36.8 Å². The summed E-state index contributed by atoms with van der Waals surface area (Å²) < 4.78 is 5.16. The Balaban J connectivity index is 2.02. The molecule has 0 atom stereocenters. The van der Waals surface area contributed by atoms with Gasteiger partial charge in [0.05, 0.1) is 5.56 Å². The third-order valence-electron chi connectivity index (χ3n) is 2.70. The van der Waals surface area contributed by atoms with E-state index >= 15 is 0 Å². The van der Waals surface area contributed by atoms with Crippen molar-refractivity contribution in [2.24, 2.45) is 0 Å². The molecule has 2 aromatic heterocycles. The van der Waals surface area contributed by atoms with Gasteiger partial charge in [-0.3, -0.25) is 4.98 Å². The van der Waals surface area contributed by atoms with E-state index in [9.17, 15) is 5.11 Å². The summed E-state index contributed by atoms with van der Waals surface area (Å²) in [6.45, 7) is 1.90. The molecule has 19 heavy (non-hydrogen) atoms. The van der Waals surface area contributed by atoms with Crippen molar-refractivity contribution in [3.8, 4) is 28.7 Å². The van der Waals surface area contributed by atoms with Crippen LogP contribution >= 0.6 is 0 Å². The van der Waals surface area contributed by atoms with Crippen LogP contribution in [0.5, 0.6) is 5.75 Å². The molecule has 0 bridgehead atoms. The molecule has 94 valence electrons. The number of benzene rings is 1. The van der Waals surface area contributed by atoms with Gasteiger partial charge in [-0.15, -0.1) is 0 Å². The van der Waals surface area contributed by atoms with Crippen LogP contribution in [0.15, 0.2) is 47.1 Å². The first-order chi connectivity index (χ1) is 9.24. The van der Waals surface area contributed by atoms with Crippen molar-refractivity contribution in [1.29, 1.82) is 0 Å². The fraction of sp³-hybridized carbons (Fsp3) is 0.0714. The molecule has 5 nitrogen and oxygen atoms in total. The number of aromatic nitrogens is 3. The monoisotopic (exact) mass is 253 g/mol. The van der Waals surface area contributed by atoms with Crippen LogP contribution in [0.1, 0.15) is 5.56 Å². The van der Waals surface area contributed by atoms with Gasteiger partial charge in [-0.1, -0.05) is 17.3 Å². The summed E-state index contributed by atoms with van der Waals surface area (Å²) in [6.07, 6.45) is 1.66. The Morgan fingerprint density at radius 3 is 2.79 bits per heavy atom. The highest BCUT2D eigenvalue weighted by molar-refractivity contribution is 5.64. The maximum absolute atomic E-state index is 9.88. The highest BCUT2D eigenvalue weighted by atomic mass is 16.5. The number of phenolic OH excluding ortho intramolecular Hbond substituents is 1. The van der Waals surface area contributed by atoms with Crippen LogP contribution in [0.25, 0.3) is 23.0 Å². The molecular formula is C14H11N3O2. The zero-order valence-electron chi connectivity index (χ0n) is 10.2. The van der Waals surface area contributed by atoms with Crippen LogP contribution in [-0.2, 0) is 0 Å². The van der Waals surface area contributed by atoms with Crippen molar-refractivity contribution in [3.63, 3.8) is 0 Å². The zero-order valence-corrected chi connectivity index (χ0v) is 10.2. The van der Waals surface area contributed by atoms with Gasteiger partial charge >= 0.3 is 0 Å². The van der Waals surface area contributed by atoms with Gasteiger partial charge in [0.1, 0.15) is 11.4 Å². The Morgan fingerprint density at radius 2 is 2.05 bits per heavy atom. The molecule has 3 aromatic rings. The molecule has 0 aliphatic heterocycles. The van der Waals surface area contributed by atoms with E-state index in [1.54, 1.807) is 24.4 Å². The van der Waals surface area contributed by atoms with Crippen molar-refractivity contribution in [2.45, 2.75) is 6.92 Å². The molecule has 0 fully saturated rings. The highest BCUT2D eigenvalue weighted by Crippen LogP contribution is 2.29. The van der Waals surface area contributed by atoms with E-state index in [1.807, 2.05) is 25.1 Å². The fourth-order valence-electron chi connectivity index (χ4n) is 1.75. The SMILES string of the molecule is Cc1ccc(-c2nc(-c3ccccn3)no2)c(O)c1. The molecular weight excluding hydrogens is 242 g/mol. The van der Waals surface area contributed by atoms with E-state index in [0.29, 0.717) is 17.1 Å². The molecule has 3 rings (SSSR count). The minimum absolute atomic E-state index is 0.122. The van der Waals surface area contributed by atoms with E-state index in [2.05, 4.69) is 15.1 Å². The van der Waals surface area contributed by atoms with E-state index < -0.39 is 0 Å². The fourth-order valence-corrected chi connectivity index (χ4v) is 1.75. The summed E-state index contributed by atoms with van der Waals surface area (Å²) in [7, 11) is 0. The van der Waals surface area contributed by atoms with Crippen molar-refractivity contribution in [1.82, 2.24) is 15.1 Å². The average molecular weight is 253 g/mol. The van der Waals surface area contributed by atoms with Crippen molar-refractivity contribution in [3.05, 3.63) is 48.2 Å². The minimum atomic E-state index is 0.122. The third kappa shape index (κ3) is 2.18. The molecule has 0 aliphatic rings. The van der Waals surface area contributed by atoms with Gasteiger partial charge in [0, 0.05) is 6.20 Å². The second kappa shape index (κ2) is 4.53. The molecule has 0 unspecified atom stereocenters. The topological polar surface area (TPSA) is 72.0 Å². The van der Waals surface area contributed by atoms with E-state index in [1.165, 1.54) is 0 Å². The molecule has 1 aromatic carbocycles. The first-order valence-corrected chi connectivity index (χ1v) is 5.79. The van der Waals surface area contributed by atoms with Crippen LogP contribution in [0, 0.1) is 6.92 Å². The number of phenols is 1. The van der Waals surface area contributed by atoms with Crippen molar-refractivity contribution in [2.75, 3.05) is 0 Å². The van der Waals surface area contributed by atoms with Crippen LogP contribution in [-0.4, -0.2) is 20.2 Å². The number of aryl methyl sites for hydroxylation is 1. The lowest BCUT2D eigenvalue weighted by atomic mass is 10.1. The number of aromatic hydroxyl groups is 1. The average Bonchev–Trinajstić information content (AvgIpc) is 2.89. The number of nitrogens with zero attached hydrogens (tertiary/aromatic N) is 3. The van der Waals surface area contributed by atoms with Crippen LogP contribution < -0.4 is 0 Å².